The maximum absolute atomic E-state index is 11.5. The van der Waals surface area contributed by atoms with Gasteiger partial charge in [-0.3, -0.25) is 0 Å². The molecule has 0 amide bonds. The monoisotopic (exact) mass is 592 g/mol. The fraction of sp³-hybridized carbons (Fsp3) is 0.472. The van der Waals surface area contributed by atoms with E-state index in [2.05, 4.69) is 120 Å². The van der Waals surface area contributed by atoms with Crippen molar-refractivity contribution < 1.29 is 23.4 Å². The van der Waals surface area contributed by atoms with E-state index in [1.54, 1.807) is 7.11 Å². The Morgan fingerprint density at radius 1 is 0.833 bits per heavy atom. The Bertz CT molecular complexity index is 1120. The van der Waals surface area contributed by atoms with Gasteiger partial charge in [0.15, 0.2) is 6.29 Å². The van der Waals surface area contributed by atoms with Crippen molar-refractivity contribution in [1.29, 1.82) is 0 Å². The maximum Gasteiger partial charge on any atom is 0.331 e. The number of allylic oxidation sites excluding steroid dienone is 4. The number of ether oxygens (including phenoxy) is 3. The molecule has 2 rings (SSSR count). The van der Waals surface area contributed by atoms with E-state index >= 15 is 0 Å². The van der Waals surface area contributed by atoms with Gasteiger partial charge in [-0.05, 0) is 61.9 Å². The zero-order valence-corrected chi connectivity index (χ0v) is 28.1. The van der Waals surface area contributed by atoms with Gasteiger partial charge in [0.2, 0.25) is 0 Å². The second-order valence-corrected chi connectivity index (χ2v) is 16.3. The molecule has 5 nitrogen and oxygen atoms in total. The van der Waals surface area contributed by atoms with E-state index < -0.39 is 20.6 Å². The van der Waals surface area contributed by atoms with E-state index in [4.69, 9.17) is 18.6 Å². The number of hydrogen-bond donors (Lipinski definition) is 0. The molecular formula is C36H52O5Si. The van der Waals surface area contributed by atoms with Crippen LogP contribution in [0.4, 0.5) is 0 Å². The lowest BCUT2D eigenvalue weighted by Crippen LogP contribution is -2.66. The first-order valence-electron chi connectivity index (χ1n) is 15.0. The van der Waals surface area contributed by atoms with Crippen LogP contribution in [0.25, 0.3) is 0 Å². The summed E-state index contributed by atoms with van der Waals surface area (Å²) in [6, 6.07) is 21.5. The molecule has 0 heterocycles. The van der Waals surface area contributed by atoms with E-state index in [1.807, 2.05) is 0 Å². The van der Waals surface area contributed by atoms with Crippen molar-refractivity contribution in [2.24, 2.45) is 0 Å². The summed E-state index contributed by atoms with van der Waals surface area (Å²) in [6.07, 6.45) is 10.7. The van der Waals surface area contributed by atoms with Crippen molar-refractivity contribution in [1.82, 2.24) is 0 Å². The number of rotatable bonds is 17. The van der Waals surface area contributed by atoms with Gasteiger partial charge in [0, 0.05) is 13.5 Å². The van der Waals surface area contributed by atoms with E-state index in [0.29, 0.717) is 13.0 Å². The standard InChI is InChI=1S/C36H52O5Si/c1-29(2)17-15-19-31(27-35(39-8)40-28-34(37)38-7)20-16-18-30(3)25-26-41-42(36(4,5)6,32-21-11-9-12-22-32)33-23-13-10-14-24-33/h9-14,17,20-25,35H,15-16,18-19,26-28H2,1-8H3/b30-25+,31-20+. The lowest BCUT2D eigenvalue weighted by molar-refractivity contribution is -0.164. The molecule has 0 aromatic heterocycles. The predicted octanol–water partition coefficient (Wildman–Crippen LogP) is 7.51. The van der Waals surface area contributed by atoms with Gasteiger partial charge in [-0.2, -0.15) is 0 Å². The average Bonchev–Trinajstić information content (AvgIpc) is 2.97. The number of methoxy groups -OCH3 is 2. The molecule has 0 saturated carbocycles. The first-order valence-corrected chi connectivity index (χ1v) is 16.9. The molecule has 1 unspecified atom stereocenters. The molecule has 0 bridgehead atoms. The SMILES string of the molecule is COC(=O)COC(C/C(=C/CC/C(C)=C/CO[Si](c1ccccc1)(c1ccccc1)C(C)(C)C)CCC=C(C)C)OC. The summed E-state index contributed by atoms with van der Waals surface area (Å²) in [6.45, 7) is 13.8. The highest BCUT2D eigenvalue weighted by Crippen LogP contribution is 2.36. The van der Waals surface area contributed by atoms with Crippen LogP contribution >= 0.6 is 0 Å². The molecule has 1 atom stereocenters. The van der Waals surface area contributed by atoms with Gasteiger partial charge in [-0.25, -0.2) is 4.79 Å². The number of esters is 1. The average molecular weight is 593 g/mol. The second-order valence-electron chi connectivity index (χ2n) is 12.0. The van der Waals surface area contributed by atoms with Crippen molar-refractivity contribution in [2.45, 2.75) is 85.0 Å². The van der Waals surface area contributed by atoms with E-state index in [-0.39, 0.29) is 11.6 Å². The minimum absolute atomic E-state index is 0.0474. The third-order valence-electron chi connectivity index (χ3n) is 7.44. The lowest BCUT2D eigenvalue weighted by Gasteiger charge is -2.42. The van der Waals surface area contributed by atoms with Gasteiger partial charge in [-0.1, -0.05) is 116 Å². The third-order valence-corrected chi connectivity index (χ3v) is 12.4. The summed E-state index contributed by atoms with van der Waals surface area (Å²) in [5.74, 6) is -0.409. The van der Waals surface area contributed by atoms with Crippen LogP contribution in [0.3, 0.4) is 0 Å². The summed E-state index contributed by atoms with van der Waals surface area (Å²) < 4.78 is 22.9. The van der Waals surface area contributed by atoms with Crippen LogP contribution in [0.2, 0.25) is 5.04 Å². The van der Waals surface area contributed by atoms with E-state index in [0.717, 1.165) is 25.7 Å². The van der Waals surface area contributed by atoms with Crippen LogP contribution in [0.15, 0.2) is 95.6 Å². The molecule has 2 aromatic rings. The Balaban J connectivity index is 2.16. The Labute approximate surface area is 255 Å². The van der Waals surface area contributed by atoms with Crippen molar-refractivity contribution in [3.05, 3.63) is 95.6 Å². The van der Waals surface area contributed by atoms with Gasteiger partial charge < -0.3 is 18.6 Å². The van der Waals surface area contributed by atoms with Gasteiger partial charge >= 0.3 is 5.97 Å². The minimum atomic E-state index is -2.55. The van der Waals surface area contributed by atoms with Crippen molar-refractivity contribution in [2.75, 3.05) is 27.4 Å². The number of benzene rings is 2. The fourth-order valence-electron chi connectivity index (χ4n) is 5.15. The third kappa shape index (κ3) is 11.1. The topological polar surface area (TPSA) is 54.0 Å². The van der Waals surface area contributed by atoms with Crippen molar-refractivity contribution >= 4 is 24.7 Å². The molecule has 0 N–H and O–H groups in total. The Morgan fingerprint density at radius 3 is 1.90 bits per heavy atom. The number of hydrogen-bond acceptors (Lipinski definition) is 5. The van der Waals surface area contributed by atoms with Gasteiger partial charge in [0.25, 0.3) is 8.32 Å². The highest BCUT2D eigenvalue weighted by atomic mass is 28.4. The van der Waals surface area contributed by atoms with Gasteiger partial charge in [0.05, 0.1) is 13.7 Å². The quantitative estimate of drug-likeness (QED) is 0.0823. The smallest absolute Gasteiger partial charge is 0.331 e. The molecule has 0 aliphatic carbocycles. The summed E-state index contributed by atoms with van der Waals surface area (Å²) in [4.78, 5) is 11.5. The maximum atomic E-state index is 11.5. The summed E-state index contributed by atoms with van der Waals surface area (Å²) >= 11 is 0. The molecule has 6 heteroatoms. The van der Waals surface area contributed by atoms with Crippen LogP contribution < -0.4 is 10.4 Å². The molecule has 0 saturated heterocycles. The molecule has 0 fully saturated rings. The molecule has 42 heavy (non-hydrogen) atoms. The van der Waals surface area contributed by atoms with Crippen molar-refractivity contribution in [3.8, 4) is 0 Å². The normalized spacial score (nSPS) is 13.5. The molecule has 0 radical (unpaired) electrons. The molecule has 230 valence electrons. The van der Waals surface area contributed by atoms with Crippen LogP contribution in [0, 0.1) is 0 Å². The van der Waals surface area contributed by atoms with E-state index in [1.165, 1.54) is 34.2 Å². The summed E-state index contributed by atoms with van der Waals surface area (Å²) in [7, 11) is 0.407. The van der Waals surface area contributed by atoms with Crippen LogP contribution in [-0.2, 0) is 23.4 Å². The predicted molar refractivity (Wildman–Crippen MR) is 177 cm³/mol. The first-order chi connectivity index (χ1) is 20.0. The molecule has 0 aliphatic rings. The molecule has 0 spiro atoms. The largest absolute Gasteiger partial charge is 0.467 e. The molecule has 0 aliphatic heterocycles. The Morgan fingerprint density at radius 2 is 1.40 bits per heavy atom. The fourth-order valence-corrected chi connectivity index (χ4v) is 9.64. The lowest BCUT2D eigenvalue weighted by atomic mass is 10.0. The minimum Gasteiger partial charge on any atom is -0.467 e. The van der Waals surface area contributed by atoms with Crippen LogP contribution in [-0.4, -0.2) is 48.0 Å². The Hall–Kier alpha value is -2.77. The summed E-state index contributed by atoms with van der Waals surface area (Å²) in [5.41, 5.74) is 3.87. The van der Waals surface area contributed by atoms with Crippen molar-refractivity contribution in [3.63, 3.8) is 0 Å². The zero-order valence-electron chi connectivity index (χ0n) is 27.1. The molecule has 2 aromatic carbocycles. The summed E-state index contributed by atoms with van der Waals surface area (Å²) in [5, 5.41) is 2.54. The van der Waals surface area contributed by atoms with Crippen LogP contribution in [0.1, 0.15) is 73.6 Å². The van der Waals surface area contributed by atoms with E-state index in [9.17, 15) is 4.79 Å². The van der Waals surface area contributed by atoms with Gasteiger partial charge in [-0.15, -0.1) is 0 Å². The zero-order chi connectivity index (χ0) is 31.0. The Kier molecular flexibility index (Phi) is 15.2. The van der Waals surface area contributed by atoms with Gasteiger partial charge in [0.1, 0.15) is 6.61 Å². The number of carbonyl (C=O) groups excluding carboxylic acids is 1. The number of carbonyl (C=O) groups is 1. The molecular weight excluding hydrogens is 540 g/mol. The highest BCUT2D eigenvalue weighted by molar-refractivity contribution is 6.99. The van der Waals surface area contributed by atoms with Crippen LogP contribution in [0.5, 0.6) is 0 Å². The highest BCUT2D eigenvalue weighted by Gasteiger charge is 2.49. The second kappa shape index (κ2) is 18.0. The first kappa shape index (κ1) is 35.4.